The first-order valence-electron chi connectivity index (χ1n) is 9.26. The minimum absolute atomic E-state index is 0.288. The second kappa shape index (κ2) is 8.04. The highest BCUT2D eigenvalue weighted by Gasteiger charge is 2.52. The molecule has 1 N–H and O–H groups in total. The maximum Gasteiger partial charge on any atom is 0.505 e. The standard InChI is InChI=1S/C19H30BNO6S/c1-17(2,3)25-16(23)21-13(15(22)24-8)11-12-9-10-14(28-12)20-26-18(4,5)19(6,7)27-20/h9-10,13H,11H2,1-8H3,(H,21,23)/t13-/m0/s1. The number of hydrogen-bond donors (Lipinski definition) is 1. The zero-order valence-electron chi connectivity index (χ0n) is 17.9. The van der Waals surface area contributed by atoms with Crippen molar-refractivity contribution in [1.29, 1.82) is 0 Å². The van der Waals surface area contributed by atoms with Crippen LogP contribution in [0.25, 0.3) is 0 Å². The molecular formula is C19H30BNO6S. The van der Waals surface area contributed by atoms with Crippen LogP contribution in [-0.2, 0) is 30.0 Å². The van der Waals surface area contributed by atoms with Crippen LogP contribution in [0.4, 0.5) is 4.79 Å². The molecule has 1 amide bonds. The quantitative estimate of drug-likeness (QED) is 0.593. The predicted octanol–water partition coefficient (Wildman–Crippen LogP) is 2.66. The molecule has 0 spiro atoms. The average molecular weight is 411 g/mol. The van der Waals surface area contributed by atoms with E-state index in [0.29, 0.717) is 0 Å². The molecule has 0 aliphatic carbocycles. The van der Waals surface area contributed by atoms with Crippen LogP contribution in [0.1, 0.15) is 53.3 Å². The Labute approximate surface area is 171 Å². The van der Waals surface area contributed by atoms with Crippen LogP contribution in [0, 0.1) is 0 Å². The number of rotatable bonds is 5. The molecule has 1 fully saturated rings. The molecule has 28 heavy (non-hydrogen) atoms. The van der Waals surface area contributed by atoms with Gasteiger partial charge in [-0.2, -0.15) is 0 Å². The van der Waals surface area contributed by atoms with Gasteiger partial charge in [0.25, 0.3) is 0 Å². The van der Waals surface area contributed by atoms with E-state index in [1.54, 1.807) is 20.8 Å². The largest absolute Gasteiger partial charge is 0.505 e. The summed E-state index contributed by atoms with van der Waals surface area (Å²) in [4.78, 5) is 25.1. The molecule has 156 valence electrons. The van der Waals surface area contributed by atoms with Crippen LogP contribution in [0.3, 0.4) is 0 Å². The first kappa shape index (κ1) is 22.7. The minimum atomic E-state index is -0.843. The van der Waals surface area contributed by atoms with Gasteiger partial charge < -0.3 is 24.1 Å². The Kier molecular flexibility index (Phi) is 6.52. The van der Waals surface area contributed by atoms with E-state index in [4.69, 9.17) is 18.8 Å². The Bertz CT molecular complexity index is 708. The van der Waals surface area contributed by atoms with Gasteiger partial charge in [0.15, 0.2) is 0 Å². The summed E-state index contributed by atoms with van der Waals surface area (Å²) >= 11 is 1.48. The maximum absolute atomic E-state index is 12.1. The zero-order chi connectivity index (χ0) is 21.3. The van der Waals surface area contributed by atoms with Crippen LogP contribution < -0.4 is 10.1 Å². The number of alkyl carbamates (subject to hydrolysis) is 1. The molecule has 0 saturated carbocycles. The van der Waals surface area contributed by atoms with Gasteiger partial charge in [-0.1, -0.05) is 6.07 Å². The molecule has 2 heterocycles. The van der Waals surface area contributed by atoms with Crippen molar-refractivity contribution in [3.63, 3.8) is 0 Å². The van der Waals surface area contributed by atoms with E-state index in [1.165, 1.54) is 18.4 Å². The molecule has 0 bridgehead atoms. The number of hydrogen-bond acceptors (Lipinski definition) is 7. The van der Waals surface area contributed by atoms with Crippen molar-refractivity contribution in [3.05, 3.63) is 17.0 Å². The van der Waals surface area contributed by atoms with Gasteiger partial charge in [-0.25, -0.2) is 9.59 Å². The molecule has 1 aromatic rings. The molecule has 0 radical (unpaired) electrons. The molecule has 0 unspecified atom stereocenters. The van der Waals surface area contributed by atoms with Gasteiger partial charge in [0, 0.05) is 16.1 Å². The van der Waals surface area contributed by atoms with Gasteiger partial charge in [-0.3, -0.25) is 0 Å². The van der Waals surface area contributed by atoms with E-state index in [1.807, 2.05) is 39.8 Å². The van der Waals surface area contributed by atoms with Gasteiger partial charge in [-0.15, -0.1) is 11.3 Å². The molecule has 7 nitrogen and oxygen atoms in total. The van der Waals surface area contributed by atoms with E-state index in [2.05, 4.69) is 5.32 Å². The van der Waals surface area contributed by atoms with Crippen LogP contribution >= 0.6 is 11.3 Å². The molecular weight excluding hydrogens is 381 g/mol. The molecule has 9 heteroatoms. The molecule has 1 aliphatic heterocycles. The fourth-order valence-corrected chi connectivity index (χ4v) is 3.59. The normalized spacial score (nSPS) is 19.2. The highest BCUT2D eigenvalue weighted by atomic mass is 32.1. The lowest BCUT2D eigenvalue weighted by Gasteiger charge is -2.32. The van der Waals surface area contributed by atoms with Crippen molar-refractivity contribution in [1.82, 2.24) is 5.32 Å². The summed E-state index contributed by atoms with van der Waals surface area (Å²) in [7, 11) is 0.829. The van der Waals surface area contributed by atoms with Crippen molar-refractivity contribution < 1.29 is 28.4 Å². The Morgan fingerprint density at radius 1 is 1.18 bits per heavy atom. The van der Waals surface area contributed by atoms with Crippen LogP contribution in [0.2, 0.25) is 0 Å². The van der Waals surface area contributed by atoms with E-state index < -0.39 is 42.0 Å². The van der Waals surface area contributed by atoms with Gasteiger partial charge in [0.05, 0.1) is 18.3 Å². The Morgan fingerprint density at radius 2 is 1.75 bits per heavy atom. The smallest absolute Gasteiger partial charge is 0.467 e. The summed E-state index contributed by atoms with van der Waals surface area (Å²) in [6, 6.07) is 2.98. The predicted molar refractivity (Wildman–Crippen MR) is 109 cm³/mol. The van der Waals surface area contributed by atoms with Crippen molar-refractivity contribution in [2.45, 2.75) is 77.7 Å². The van der Waals surface area contributed by atoms with Gasteiger partial charge in [-0.05, 0) is 54.5 Å². The van der Waals surface area contributed by atoms with E-state index >= 15 is 0 Å². The van der Waals surface area contributed by atoms with Crippen molar-refractivity contribution in [3.8, 4) is 0 Å². The van der Waals surface area contributed by atoms with Crippen molar-refractivity contribution >= 4 is 35.3 Å². The third-order valence-electron chi connectivity index (χ3n) is 4.75. The minimum Gasteiger partial charge on any atom is -0.467 e. The van der Waals surface area contributed by atoms with Crippen LogP contribution in [0.15, 0.2) is 12.1 Å². The summed E-state index contributed by atoms with van der Waals surface area (Å²) in [5.74, 6) is -0.531. The Hall–Kier alpha value is -1.58. The molecule has 2 rings (SSSR count). The number of carbonyl (C=O) groups is 2. The lowest BCUT2D eigenvalue weighted by atomic mass is 9.88. The maximum atomic E-state index is 12.1. The molecule has 1 aromatic heterocycles. The summed E-state index contributed by atoms with van der Waals surface area (Å²) < 4.78 is 23.1. The number of thiophene rings is 1. The number of methoxy groups -OCH3 is 1. The summed E-state index contributed by atoms with van der Waals surface area (Å²) in [5.41, 5.74) is -1.50. The van der Waals surface area contributed by atoms with Gasteiger partial charge in [0.2, 0.25) is 0 Å². The number of ether oxygens (including phenoxy) is 2. The fourth-order valence-electron chi connectivity index (χ4n) is 2.58. The van der Waals surface area contributed by atoms with E-state index in [9.17, 15) is 9.59 Å². The summed E-state index contributed by atoms with van der Waals surface area (Å²) in [6.45, 7) is 13.3. The van der Waals surface area contributed by atoms with Crippen LogP contribution in [-0.4, -0.2) is 49.1 Å². The summed E-state index contributed by atoms with van der Waals surface area (Å²) in [5, 5.41) is 2.59. The highest BCUT2D eigenvalue weighted by molar-refractivity contribution is 7.22. The number of amides is 1. The van der Waals surface area contributed by atoms with Gasteiger partial charge >= 0.3 is 19.2 Å². The lowest BCUT2D eigenvalue weighted by Crippen LogP contribution is -2.45. The van der Waals surface area contributed by atoms with Crippen molar-refractivity contribution in [2.24, 2.45) is 0 Å². The highest BCUT2D eigenvalue weighted by Crippen LogP contribution is 2.37. The van der Waals surface area contributed by atoms with Crippen molar-refractivity contribution in [2.75, 3.05) is 7.11 Å². The number of esters is 1. The monoisotopic (exact) mass is 411 g/mol. The molecule has 0 aromatic carbocycles. The average Bonchev–Trinajstić information content (AvgIpc) is 3.06. The molecule has 1 aliphatic rings. The lowest BCUT2D eigenvalue weighted by molar-refractivity contribution is -0.143. The second-order valence-electron chi connectivity index (χ2n) is 8.82. The van der Waals surface area contributed by atoms with Gasteiger partial charge in [0.1, 0.15) is 11.6 Å². The van der Waals surface area contributed by atoms with Crippen LogP contribution in [0.5, 0.6) is 0 Å². The molecule has 1 atom stereocenters. The first-order valence-corrected chi connectivity index (χ1v) is 10.1. The third-order valence-corrected chi connectivity index (χ3v) is 5.88. The Morgan fingerprint density at radius 3 is 2.25 bits per heavy atom. The zero-order valence-corrected chi connectivity index (χ0v) is 18.7. The first-order chi connectivity index (χ1) is 12.7. The fraction of sp³-hybridized carbons (Fsp3) is 0.684. The third kappa shape index (κ3) is 5.49. The summed E-state index contributed by atoms with van der Waals surface area (Å²) in [6.07, 6.45) is -0.374. The second-order valence-corrected chi connectivity index (χ2v) is 10.0. The topological polar surface area (TPSA) is 83.1 Å². The van der Waals surface area contributed by atoms with E-state index in [-0.39, 0.29) is 6.42 Å². The van der Waals surface area contributed by atoms with E-state index in [0.717, 1.165) is 9.65 Å². The Balaban J connectivity index is 2.08. The number of carbonyl (C=O) groups excluding carboxylic acids is 2. The SMILES string of the molecule is COC(=O)[C@H](Cc1ccc(B2OC(C)(C)C(C)(C)O2)s1)NC(=O)OC(C)(C)C. The number of nitrogens with one attached hydrogen (secondary N) is 1. The molecule has 1 saturated heterocycles.